The summed E-state index contributed by atoms with van der Waals surface area (Å²) >= 11 is 0. The highest BCUT2D eigenvalue weighted by Crippen LogP contribution is 2.36. The fourth-order valence-corrected chi connectivity index (χ4v) is 2.94. The third-order valence-corrected chi connectivity index (χ3v) is 4.11. The molecule has 0 amide bonds. The highest BCUT2D eigenvalue weighted by atomic mass is 16.6. The first-order chi connectivity index (χ1) is 13.3. The van der Waals surface area contributed by atoms with Crippen LogP contribution in [0.1, 0.15) is 22.3 Å². The molecule has 0 radical (unpaired) electrons. The lowest BCUT2D eigenvalue weighted by atomic mass is 10.1. The molecule has 0 aromatic heterocycles. The first kappa shape index (κ1) is 19.1. The van der Waals surface area contributed by atoms with Gasteiger partial charge in [0.25, 0.3) is 5.69 Å². The van der Waals surface area contributed by atoms with Gasteiger partial charge < -0.3 is 14.2 Å². The Morgan fingerprint density at radius 1 is 1.04 bits per heavy atom. The van der Waals surface area contributed by atoms with E-state index in [1.807, 2.05) is 32.0 Å². The molecule has 0 N–H and O–H groups in total. The fourth-order valence-electron chi connectivity index (χ4n) is 2.94. The molecule has 1 heterocycles. The fraction of sp³-hybridized carbons (Fsp3) is 0.200. The number of hydrogen-bond donors (Lipinski definition) is 0. The van der Waals surface area contributed by atoms with Crippen molar-refractivity contribution in [1.82, 2.24) is 0 Å². The van der Waals surface area contributed by atoms with Crippen molar-refractivity contribution >= 4 is 23.6 Å². The van der Waals surface area contributed by atoms with E-state index in [0.717, 1.165) is 11.1 Å². The zero-order chi connectivity index (χ0) is 20.4. The van der Waals surface area contributed by atoms with Crippen LogP contribution in [0.2, 0.25) is 0 Å². The molecule has 0 unspecified atom stereocenters. The topological polar surface area (TPSA) is 100 Å². The molecule has 1 aliphatic rings. The second kappa shape index (κ2) is 7.51. The van der Waals surface area contributed by atoms with E-state index >= 15 is 0 Å². The molecular formula is C20H18N2O6. The number of aryl methyl sites for hydroxylation is 2. The molecule has 144 valence electrons. The number of cyclic esters (lactones) is 1. The molecule has 0 saturated carbocycles. The van der Waals surface area contributed by atoms with Crippen LogP contribution in [0.15, 0.2) is 41.0 Å². The Morgan fingerprint density at radius 3 is 2.21 bits per heavy atom. The van der Waals surface area contributed by atoms with Crippen molar-refractivity contribution in [3.05, 3.63) is 68.4 Å². The van der Waals surface area contributed by atoms with Crippen LogP contribution < -0.4 is 9.47 Å². The van der Waals surface area contributed by atoms with Gasteiger partial charge in [0.05, 0.1) is 30.8 Å². The molecular weight excluding hydrogens is 364 g/mol. The van der Waals surface area contributed by atoms with Gasteiger partial charge in [0.15, 0.2) is 17.2 Å². The monoisotopic (exact) mass is 382 g/mol. The number of benzene rings is 2. The Morgan fingerprint density at radius 2 is 1.64 bits per heavy atom. The number of carbonyl (C=O) groups is 1. The van der Waals surface area contributed by atoms with Gasteiger partial charge in [-0.15, -0.1) is 0 Å². The van der Waals surface area contributed by atoms with E-state index in [1.54, 1.807) is 0 Å². The molecule has 2 aromatic rings. The normalized spacial score (nSPS) is 14.6. The Kier molecular flexibility index (Phi) is 5.12. The van der Waals surface area contributed by atoms with Crippen molar-refractivity contribution < 1.29 is 23.9 Å². The van der Waals surface area contributed by atoms with Crippen LogP contribution in [0.4, 0.5) is 5.69 Å². The van der Waals surface area contributed by atoms with Crippen LogP contribution in [-0.4, -0.2) is 31.0 Å². The van der Waals surface area contributed by atoms with E-state index < -0.39 is 10.9 Å². The third kappa shape index (κ3) is 3.71. The number of methoxy groups -OCH3 is 2. The number of rotatable bonds is 5. The highest BCUT2D eigenvalue weighted by Gasteiger charge is 2.26. The maximum absolute atomic E-state index is 12.3. The summed E-state index contributed by atoms with van der Waals surface area (Å²) in [6.07, 6.45) is 1.30. The van der Waals surface area contributed by atoms with E-state index in [1.165, 1.54) is 32.4 Å². The summed E-state index contributed by atoms with van der Waals surface area (Å²) in [5.74, 6) is -0.0148. The summed E-state index contributed by atoms with van der Waals surface area (Å²) in [5, 5.41) is 11.4. The maximum Gasteiger partial charge on any atom is 0.363 e. The average molecular weight is 382 g/mol. The number of hydrogen-bond acceptors (Lipinski definition) is 7. The smallest absolute Gasteiger partial charge is 0.363 e. The average Bonchev–Trinajstić information content (AvgIpc) is 3.01. The van der Waals surface area contributed by atoms with Crippen LogP contribution in [0, 0.1) is 24.0 Å². The van der Waals surface area contributed by atoms with Gasteiger partial charge in [-0.05, 0) is 38.1 Å². The summed E-state index contributed by atoms with van der Waals surface area (Å²) in [5.41, 5.74) is 2.54. The van der Waals surface area contributed by atoms with Gasteiger partial charge in [0.2, 0.25) is 5.90 Å². The lowest BCUT2D eigenvalue weighted by Crippen LogP contribution is -2.06. The number of nitro benzene ring substituents is 1. The van der Waals surface area contributed by atoms with Gasteiger partial charge in [0.1, 0.15) is 0 Å². The lowest BCUT2D eigenvalue weighted by molar-refractivity contribution is -0.385. The van der Waals surface area contributed by atoms with Crippen LogP contribution in [-0.2, 0) is 9.53 Å². The number of aliphatic imine (C=N–C) groups is 1. The molecule has 3 rings (SSSR count). The van der Waals surface area contributed by atoms with Crippen molar-refractivity contribution in [1.29, 1.82) is 0 Å². The molecule has 1 aliphatic heterocycles. The number of esters is 1. The minimum atomic E-state index is -0.682. The van der Waals surface area contributed by atoms with Gasteiger partial charge >= 0.3 is 5.97 Å². The molecule has 0 saturated heterocycles. The highest BCUT2D eigenvalue weighted by molar-refractivity contribution is 6.13. The maximum atomic E-state index is 12.3. The third-order valence-electron chi connectivity index (χ3n) is 4.11. The SMILES string of the molecule is COc1cc(/C=C2\N=C(c3cc(C)cc(C)c3)OC2=O)c([N+](=O)[O-])cc1OC. The Labute approximate surface area is 161 Å². The summed E-state index contributed by atoms with van der Waals surface area (Å²) in [6.45, 7) is 3.86. The van der Waals surface area contributed by atoms with E-state index in [4.69, 9.17) is 14.2 Å². The standard InChI is InChI=1S/C20H18N2O6/c1-11-5-12(2)7-14(6-11)19-21-15(20(23)28-19)8-13-9-17(26-3)18(27-4)10-16(13)22(24)25/h5-10H,1-4H3/b15-8-. The van der Waals surface area contributed by atoms with Crippen LogP contribution in [0.5, 0.6) is 11.5 Å². The van der Waals surface area contributed by atoms with E-state index in [2.05, 4.69) is 4.99 Å². The van der Waals surface area contributed by atoms with Gasteiger partial charge in [-0.2, -0.15) is 0 Å². The summed E-state index contributed by atoms with van der Waals surface area (Å²) in [4.78, 5) is 27.4. The first-order valence-electron chi connectivity index (χ1n) is 8.34. The zero-order valence-electron chi connectivity index (χ0n) is 15.8. The number of nitrogens with zero attached hydrogens (tertiary/aromatic N) is 2. The van der Waals surface area contributed by atoms with Crippen LogP contribution in [0.3, 0.4) is 0 Å². The van der Waals surface area contributed by atoms with Crippen molar-refractivity contribution in [2.24, 2.45) is 4.99 Å². The quantitative estimate of drug-likeness (QED) is 0.339. The van der Waals surface area contributed by atoms with Crippen molar-refractivity contribution in [2.45, 2.75) is 13.8 Å². The molecule has 0 spiro atoms. The summed E-state index contributed by atoms with van der Waals surface area (Å²) in [6, 6.07) is 8.34. The Balaban J connectivity index is 2.08. The second-order valence-electron chi connectivity index (χ2n) is 6.24. The van der Waals surface area contributed by atoms with Crippen LogP contribution >= 0.6 is 0 Å². The first-order valence-corrected chi connectivity index (χ1v) is 8.34. The van der Waals surface area contributed by atoms with E-state index in [-0.39, 0.29) is 28.6 Å². The molecule has 2 aromatic carbocycles. The predicted molar refractivity (Wildman–Crippen MR) is 103 cm³/mol. The van der Waals surface area contributed by atoms with E-state index in [9.17, 15) is 14.9 Å². The summed E-state index contributed by atoms with van der Waals surface area (Å²) in [7, 11) is 2.80. The Bertz CT molecular complexity index is 1020. The Hall–Kier alpha value is -3.68. The molecule has 0 fully saturated rings. The van der Waals surface area contributed by atoms with Crippen molar-refractivity contribution in [3.63, 3.8) is 0 Å². The van der Waals surface area contributed by atoms with Gasteiger partial charge in [-0.3, -0.25) is 10.1 Å². The van der Waals surface area contributed by atoms with Crippen molar-refractivity contribution in [2.75, 3.05) is 14.2 Å². The summed E-state index contributed by atoms with van der Waals surface area (Å²) < 4.78 is 15.6. The predicted octanol–water partition coefficient (Wildman–Crippen LogP) is 3.57. The number of carbonyl (C=O) groups excluding carboxylic acids is 1. The molecule has 0 aliphatic carbocycles. The molecule has 0 atom stereocenters. The minimum absolute atomic E-state index is 0.0375. The molecule has 8 nitrogen and oxygen atoms in total. The van der Waals surface area contributed by atoms with Gasteiger partial charge in [-0.1, -0.05) is 17.2 Å². The number of ether oxygens (including phenoxy) is 3. The lowest BCUT2D eigenvalue weighted by Gasteiger charge is -2.08. The van der Waals surface area contributed by atoms with Crippen molar-refractivity contribution in [3.8, 4) is 11.5 Å². The van der Waals surface area contributed by atoms with Gasteiger partial charge in [0, 0.05) is 5.56 Å². The second-order valence-corrected chi connectivity index (χ2v) is 6.24. The minimum Gasteiger partial charge on any atom is -0.493 e. The number of nitro groups is 1. The zero-order valence-corrected chi connectivity index (χ0v) is 15.8. The van der Waals surface area contributed by atoms with Crippen LogP contribution in [0.25, 0.3) is 6.08 Å². The van der Waals surface area contributed by atoms with E-state index in [0.29, 0.717) is 11.3 Å². The molecule has 28 heavy (non-hydrogen) atoms. The molecule has 8 heteroatoms. The largest absolute Gasteiger partial charge is 0.493 e. The van der Waals surface area contributed by atoms with Gasteiger partial charge in [-0.25, -0.2) is 9.79 Å². The molecule has 0 bridgehead atoms.